The van der Waals surface area contributed by atoms with Gasteiger partial charge < -0.3 is 19.5 Å². The lowest BCUT2D eigenvalue weighted by Gasteiger charge is -2.18. The van der Waals surface area contributed by atoms with E-state index in [9.17, 15) is 4.79 Å². The Morgan fingerprint density at radius 1 is 0.774 bits per heavy atom. The lowest BCUT2D eigenvalue weighted by Crippen LogP contribution is -2.13. The molecule has 1 N–H and O–H groups in total. The largest absolute Gasteiger partial charge is 0.492 e. The highest BCUT2D eigenvalue weighted by Crippen LogP contribution is 2.21. The van der Waals surface area contributed by atoms with Crippen molar-refractivity contribution in [1.82, 2.24) is 4.90 Å². The van der Waals surface area contributed by atoms with Crippen molar-refractivity contribution >= 4 is 5.78 Å². The van der Waals surface area contributed by atoms with Gasteiger partial charge >= 0.3 is 0 Å². The minimum atomic E-state index is -0.235. The number of Topliss-reactive ketones (excluding diaryl/α,β-unsaturated/α-hetero) is 1. The molecule has 0 saturated heterocycles. The third-order valence-corrected chi connectivity index (χ3v) is 5.44. The Bertz CT molecular complexity index is 713. The molecule has 0 aromatic heterocycles. The van der Waals surface area contributed by atoms with Gasteiger partial charge in [-0.15, -0.1) is 0 Å². The quantitative estimate of drug-likeness (QED) is 0.380. The molecule has 0 aromatic carbocycles. The average Bonchev–Trinajstić information content (AvgIpc) is 2.80. The second-order valence-corrected chi connectivity index (χ2v) is 7.86. The fraction of sp³-hybridized carbons (Fsp3) is 0.500. The number of carbonyl (C=O) groups is 1. The molecule has 2 rings (SSSR count). The number of nitrogens with zero attached hydrogens (tertiary/aromatic N) is 1. The van der Waals surface area contributed by atoms with E-state index in [4.69, 9.17) is 14.6 Å². The zero-order chi connectivity index (χ0) is 22.3. The molecule has 0 amide bonds. The van der Waals surface area contributed by atoms with Crippen molar-refractivity contribution in [3.63, 3.8) is 0 Å². The van der Waals surface area contributed by atoms with Crippen LogP contribution in [-0.2, 0) is 14.3 Å². The van der Waals surface area contributed by atoms with Gasteiger partial charge in [-0.3, -0.25) is 4.79 Å². The van der Waals surface area contributed by atoms with Crippen LogP contribution in [0.2, 0.25) is 0 Å². The number of unbranched alkanes of at least 4 members (excludes halogenated alkanes) is 8. The molecule has 0 aromatic rings. The lowest BCUT2D eigenvalue weighted by atomic mass is 10.0. The van der Waals surface area contributed by atoms with Crippen LogP contribution in [0, 0.1) is 0 Å². The summed E-state index contributed by atoms with van der Waals surface area (Å²) in [6.45, 7) is 1.37. The van der Waals surface area contributed by atoms with Crippen molar-refractivity contribution in [3.8, 4) is 0 Å². The van der Waals surface area contributed by atoms with Gasteiger partial charge in [0.25, 0.3) is 5.78 Å². The predicted octanol–water partition coefficient (Wildman–Crippen LogP) is 5.33. The van der Waals surface area contributed by atoms with Gasteiger partial charge in [0.2, 0.25) is 0 Å². The highest BCUT2D eigenvalue weighted by molar-refractivity contribution is 6.07. The zero-order valence-corrected chi connectivity index (χ0v) is 19.0. The molecular formula is C26H37NO4. The van der Waals surface area contributed by atoms with E-state index in [0.29, 0.717) is 6.61 Å². The van der Waals surface area contributed by atoms with Gasteiger partial charge in [-0.25, -0.2) is 0 Å². The number of hydrogen-bond donors (Lipinski definition) is 1. The van der Waals surface area contributed by atoms with Gasteiger partial charge in [-0.2, -0.15) is 0 Å². The first-order valence-electron chi connectivity index (χ1n) is 11.4. The van der Waals surface area contributed by atoms with Crippen molar-refractivity contribution in [3.05, 3.63) is 71.5 Å². The molecule has 0 fully saturated rings. The molecule has 5 heteroatoms. The van der Waals surface area contributed by atoms with Gasteiger partial charge in [-0.1, -0.05) is 57.1 Å². The molecule has 31 heavy (non-hydrogen) atoms. The van der Waals surface area contributed by atoms with E-state index in [0.717, 1.165) is 30.5 Å². The van der Waals surface area contributed by atoms with Crippen LogP contribution >= 0.6 is 0 Å². The molecule has 1 aliphatic heterocycles. The molecular weight excluding hydrogens is 390 g/mol. The second-order valence-electron chi connectivity index (χ2n) is 7.86. The summed E-state index contributed by atoms with van der Waals surface area (Å²) < 4.78 is 10.3. The molecule has 1 heterocycles. The third kappa shape index (κ3) is 9.01. The standard InChI is InChI=1S/C26H37NO4/c1-30-24-20-23(21-25(31-2)26(24)29)13-12-22-14-17-27(18-15-22)16-10-8-6-4-3-5-7-9-11-19-28/h12-15,17-18,20-21,28H,3-11,16,19H2,1-2H3. The van der Waals surface area contributed by atoms with E-state index in [2.05, 4.69) is 29.5 Å². The van der Waals surface area contributed by atoms with Crippen LogP contribution in [0.3, 0.4) is 0 Å². The van der Waals surface area contributed by atoms with Crippen LogP contribution in [0.1, 0.15) is 57.8 Å². The summed E-state index contributed by atoms with van der Waals surface area (Å²) in [5.41, 5.74) is 1.96. The predicted molar refractivity (Wildman–Crippen MR) is 125 cm³/mol. The summed E-state index contributed by atoms with van der Waals surface area (Å²) in [5.74, 6) is 0.333. The van der Waals surface area contributed by atoms with Gasteiger partial charge in [0.05, 0.1) is 14.2 Å². The molecule has 1 aliphatic carbocycles. The summed E-state index contributed by atoms with van der Waals surface area (Å²) in [7, 11) is 2.97. The van der Waals surface area contributed by atoms with Crippen molar-refractivity contribution < 1.29 is 19.4 Å². The highest BCUT2D eigenvalue weighted by atomic mass is 16.5. The van der Waals surface area contributed by atoms with Crippen molar-refractivity contribution in [2.24, 2.45) is 0 Å². The maximum Gasteiger partial charge on any atom is 0.261 e. The molecule has 0 unspecified atom stereocenters. The maximum absolute atomic E-state index is 12.0. The molecule has 0 radical (unpaired) electrons. The third-order valence-electron chi connectivity index (χ3n) is 5.44. The molecule has 5 nitrogen and oxygen atoms in total. The first kappa shape index (κ1) is 24.7. The Morgan fingerprint density at radius 2 is 1.26 bits per heavy atom. The van der Waals surface area contributed by atoms with Gasteiger partial charge in [-0.05, 0) is 48.3 Å². The number of aliphatic hydroxyl groups is 1. The van der Waals surface area contributed by atoms with Crippen molar-refractivity contribution in [1.29, 1.82) is 0 Å². The molecule has 2 aliphatic rings. The normalized spacial score (nSPS) is 15.7. The number of methoxy groups -OCH3 is 2. The molecule has 0 spiro atoms. The van der Waals surface area contributed by atoms with Crippen molar-refractivity contribution in [2.75, 3.05) is 27.4 Å². The highest BCUT2D eigenvalue weighted by Gasteiger charge is 2.21. The smallest absolute Gasteiger partial charge is 0.261 e. The zero-order valence-electron chi connectivity index (χ0n) is 19.0. The van der Waals surface area contributed by atoms with Gasteiger partial charge in [0, 0.05) is 25.6 Å². The van der Waals surface area contributed by atoms with E-state index in [-0.39, 0.29) is 17.3 Å². The second kappa shape index (κ2) is 14.5. The van der Waals surface area contributed by atoms with E-state index in [1.165, 1.54) is 59.2 Å². The topological polar surface area (TPSA) is 59.0 Å². The number of aliphatic hydroxyl groups excluding tert-OH is 1. The first-order chi connectivity index (χ1) is 15.2. The monoisotopic (exact) mass is 427 g/mol. The number of carbonyl (C=O) groups excluding carboxylic acids is 1. The lowest BCUT2D eigenvalue weighted by molar-refractivity contribution is -0.117. The SMILES string of the molecule is COC1=CC(=CC=C2C=CN(CCCCCCCCCCCO)C=C2)C=C(OC)C1=O. The van der Waals surface area contributed by atoms with Crippen LogP contribution in [0.5, 0.6) is 0 Å². The van der Waals surface area contributed by atoms with Crippen LogP contribution in [0.25, 0.3) is 0 Å². The number of hydrogen-bond acceptors (Lipinski definition) is 5. The molecule has 170 valence electrons. The van der Waals surface area contributed by atoms with Crippen LogP contribution in [0.4, 0.5) is 0 Å². The minimum Gasteiger partial charge on any atom is -0.492 e. The van der Waals surface area contributed by atoms with Gasteiger partial charge in [0.15, 0.2) is 11.5 Å². The van der Waals surface area contributed by atoms with Gasteiger partial charge in [0.1, 0.15) is 0 Å². The van der Waals surface area contributed by atoms with E-state index in [1.807, 2.05) is 12.2 Å². The number of rotatable bonds is 14. The molecule has 0 bridgehead atoms. The summed E-state index contributed by atoms with van der Waals surface area (Å²) in [6.07, 6.45) is 26.9. The summed E-state index contributed by atoms with van der Waals surface area (Å²) in [4.78, 5) is 14.2. The van der Waals surface area contributed by atoms with Crippen LogP contribution in [-0.4, -0.2) is 43.2 Å². The average molecular weight is 428 g/mol. The number of allylic oxidation sites excluding steroid dienone is 8. The minimum absolute atomic E-state index is 0.235. The summed E-state index contributed by atoms with van der Waals surface area (Å²) >= 11 is 0. The Morgan fingerprint density at radius 3 is 1.77 bits per heavy atom. The first-order valence-corrected chi connectivity index (χ1v) is 11.4. The van der Waals surface area contributed by atoms with E-state index < -0.39 is 0 Å². The molecule has 0 atom stereocenters. The van der Waals surface area contributed by atoms with Crippen molar-refractivity contribution in [2.45, 2.75) is 57.8 Å². The summed E-state index contributed by atoms with van der Waals surface area (Å²) in [5, 5.41) is 8.77. The van der Waals surface area contributed by atoms with Crippen LogP contribution in [0.15, 0.2) is 71.5 Å². The summed E-state index contributed by atoms with van der Waals surface area (Å²) in [6, 6.07) is 0. The van der Waals surface area contributed by atoms with E-state index >= 15 is 0 Å². The number of ether oxygens (including phenoxy) is 2. The Labute approximate surface area is 187 Å². The maximum atomic E-state index is 12.0. The number of ketones is 1. The van der Waals surface area contributed by atoms with Crippen LogP contribution < -0.4 is 0 Å². The Kier molecular flexibility index (Phi) is 11.5. The van der Waals surface area contributed by atoms with E-state index in [1.54, 1.807) is 12.2 Å². The fourth-order valence-electron chi connectivity index (χ4n) is 3.56. The molecule has 0 saturated carbocycles. The Balaban J connectivity index is 1.69. The fourth-order valence-corrected chi connectivity index (χ4v) is 3.56. The Hall–Kier alpha value is -2.53.